The average molecular weight is 334 g/mol. The van der Waals surface area contributed by atoms with E-state index in [0.717, 1.165) is 34.1 Å². The first-order chi connectivity index (χ1) is 12.1. The molecule has 0 atom stereocenters. The molecule has 0 saturated heterocycles. The van der Waals surface area contributed by atoms with Crippen molar-refractivity contribution in [1.29, 1.82) is 0 Å². The van der Waals surface area contributed by atoms with Crippen LogP contribution < -0.4 is 5.32 Å². The number of imidazole rings is 1. The van der Waals surface area contributed by atoms with Gasteiger partial charge in [0.1, 0.15) is 22.9 Å². The number of carbonyl (C=O) groups excluding carboxylic acids is 1. The molecule has 7 heteroatoms. The molecule has 25 heavy (non-hydrogen) atoms. The highest BCUT2D eigenvalue weighted by molar-refractivity contribution is 6.08. The van der Waals surface area contributed by atoms with E-state index in [4.69, 9.17) is 4.98 Å². The summed E-state index contributed by atoms with van der Waals surface area (Å²) in [6.45, 7) is 1.36. The number of nitrogens with one attached hydrogen (secondary N) is 2. The molecule has 0 unspecified atom stereocenters. The van der Waals surface area contributed by atoms with Gasteiger partial charge >= 0.3 is 0 Å². The van der Waals surface area contributed by atoms with Crippen molar-refractivity contribution >= 4 is 39.0 Å². The first-order valence-corrected chi connectivity index (χ1v) is 8.08. The number of aromatic amines is 1. The summed E-state index contributed by atoms with van der Waals surface area (Å²) in [7, 11) is 3.94. The number of hydrogen-bond acceptors (Lipinski definition) is 5. The molecule has 7 nitrogen and oxygen atoms in total. The average Bonchev–Trinajstić information content (AvgIpc) is 3.08. The molecule has 2 aromatic carbocycles. The van der Waals surface area contributed by atoms with Crippen molar-refractivity contribution in [2.45, 2.75) is 0 Å². The van der Waals surface area contributed by atoms with E-state index >= 15 is 0 Å². The largest absolute Gasteiger partial charge is 0.352 e. The van der Waals surface area contributed by atoms with Gasteiger partial charge in [0.15, 0.2) is 0 Å². The van der Waals surface area contributed by atoms with Gasteiger partial charge in [-0.15, -0.1) is 0 Å². The molecule has 2 aromatic heterocycles. The van der Waals surface area contributed by atoms with Crippen LogP contribution in [0.5, 0.6) is 0 Å². The van der Waals surface area contributed by atoms with Gasteiger partial charge in [-0.25, -0.2) is 15.0 Å². The van der Waals surface area contributed by atoms with Crippen LogP contribution in [0.25, 0.3) is 33.1 Å². The van der Waals surface area contributed by atoms with Gasteiger partial charge in [0.25, 0.3) is 5.91 Å². The van der Waals surface area contributed by atoms with Gasteiger partial charge in [0.05, 0.1) is 22.1 Å². The molecule has 0 bridgehead atoms. The van der Waals surface area contributed by atoms with Crippen LogP contribution >= 0.6 is 0 Å². The summed E-state index contributed by atoms with van der Waals surface area (Å²) in [5, 5.41) is 2.94. The molecule has 4 aromatic rings. The van der Waals surface area contributed by atoms with Crippen LogP contribution in [-0.4, -0.2) is 57.9 Å². The predicted molar refractivity (Wildman–Crippen MR) is 97.6 cm³/mol. The molecule has 2 N–H and O–H groups in total. The van der Waals surface area contributed by atoms with Crippen molar-refractivity contribution in [1.82, 2.24) is 30.2 Å². The predicted octanol–water partition coefficient (Wildman–Crippen LogP) is 1.95. The minimum Gasteiger partial charge on any atom is -0.352 e. The number of amides is 1. The summed E-state index contributed by atoms with van der Waals surface area (Å²) in [6.07, 6.45) is 1.52. The number of carbonyl (C=O) groups is 1. The Bertz CT molecular complexity index is 1080. The Kier molecular flexibility index (Phi) is 3.77. The number of aromatic nitrogens is 4. The smallest absolute Gasteiger partial charge is 0.253 e. The fourth-order valence-corrected chi connectivity index (χ4v) is 2.86. The van der Waals surface area contributed by atoms with Crippen molar-refractivity contribution < 1.29 is 4.79 Å². The lowest BCUT2D eigenvalue weighted by Gasteiger charge is -2.11. The zero-order valence-corrected chi connectivity index (χ0v) is 14.1. The summed E-state index contributed by atoms with van der Waals surface area (Å²) < 4.78 is 0. The van der Waals surface area contributed by atoms with E-state index in [1.54, 1.807) is 6.07 Å². The maximum atomic E-state index is 12.6. The Hall–Kier alpha value is -3.06. The SMILES string of the molecule is CN(C)CCNC(=O)c1cccc2[nH]c3ccc4ncnc4c3nc12. The van der Waals surface area contributed by atoms with Gasteiger partial charge in [0, 0.05) is 13.1 Å². The zero-order chi connectivity index (χ0) is 17.4. The van der Waals surface area contributed by atoms with E-state index in [0.29, 0.717) is 17.6 Å². The lowest BCUT2D eigenvalue weighted by atomic mass is 10.1. The van der Waals surface area contributed by atoms with Crippen LogP contribution in [-0.2, 0) is 0 Å². The monoisotopic (exact) mass is 334 g/mol. The summed E-state index contributed by atoms with van der Waals surface area (Å²) in [5.74, 6) is -0.131. The Balaban J connectivity index is 1.83. The Morgan fingerprint density at radius 2 is 1.92 bits per heavy atom. The second kappa shape index (κ2) is 6.10. The highest BCUT2D eigenvalue weighted by Crippen LogP contribution is 2.24. The van der Waals surface area contributed by atoms with E-state index in [1.165, 1.54) is 6.33 Å². The van der Waals surface area contributed by atoms with Crippen molar-refractivity contribution in [2.24, 2.45) is 0 Å². The maximum Gasteiger partial charge on any atom is 0.253 e. The number of likely N-dealkylation sites (N-methyl/N-ethyl adjacent to an activating group) is 1. The normalized spacial score (nSPS) is 11.6. The van der Waals surface area contributed by atoms with Crippen LogP contribution in [0, 0.1) is 0 Å². The van der Waals surface area contributed by atoms with Crippen LogP contribution in [0.2, 0.25) is 0 Å². The highest BCUT2D eigenvalue weighted by Gasteiger charge is 2.14. The van der Waals surface area contributed by atoms with Gasteiger partial charge in [-0.1, -0.05) is 6.07 Å². The van der Waals surface area contributed by atoms with Gasteiger partial charge in [0.2, 0.25) is 0 Å². The second-order valence-electron chi connectivity index (χ2n) is 6.20. The molecule has 0 aliphatic rings. The molecular weight excluding hydrogens is 316 g/mol. The van der Waals surface area contributed by atoms with Crippen molar-refractivity contribution in [3.8, 4) is 0 Å². The van der Waals surface area contributed by atoms with Crippen LogP contribution in [0.1, 0.15) is 10.4 Å². The fourth-order valence-electron chi connectivity index (χ4n) is 2.86. The minimum atomic E-state index is -0.131. The Labute approximate surface area is 144 Å². The molecule has 0 radical (unpaired) electrons. The molecule has 1 amide bonds. The van der Waals surface area contributed by atoms with Gasteiger partial charge < -0.3 is 15.2 Å². The molecule has 4 rings (SSSR count). The zero-order valence-electron chi connectivity index (χ0n) is 14.1. The van der Waals surface area contributed by atoms with E-state index in [-0.39, 0.29) is 5.91 Å². The number of para-hydroxylation sites is 1. The summed E-state index contributed by atoms with van der Waals surface area (Å²) in [6, 6.07) is 9.40. The molecule has 0 spiro atoms. The fraction of sp³-hybridized carbons (Fsp3) is 0.222. The van der Waals surface area contributed by atoms with Crippen molar-refractivity contribution in [3.63, 3.8) is 0 Å². The molecule has 0 saturated carbocycles. The van der Waals surface area contributed by atoms with E-state index in [1.807, 2.05) is 43.3 Å². The van der Waals surface area contributed by atoms with Crippen LogP contribution in [0.4, 0.5) is 0 Å². The van der Waals surface area contributed by atoms with E-state index < -0.39 is 0 Å². The van der Waals surface area contributed by atoms with E-state index in [2.05, 4.69) is 20.3 Å². The van der Waals surface area contributed by atoms with Crippen molar-refractivity contribution in [2.75, 3.05) is 27.2 Å². The standard InChI is InChI=1S/C18H18N6O/c1-24(2)9-8-19-18(25)11-4-3-5-13-15(11)23-17-14(22-13)7-6-12-16(17)21-10-20-12/h3-7,10,22H,8-9H2,1-2H3,(H,19,25). The molecule has 0 aliphatic carbocycles. The number of rotatable bonds is 4. The quantitative estimate of drug-likeness (QED) is 0.557. The lowest BCUT2D eigenvalue weighted by molar-refractivity contribution is 0.0952. The Morgan fingerprint density at radius 1 is 1.08 bits per heavy atom. The number of benzene rings is 2. The van der Waals surface area contributed by atoms with Gasteiger partial charge in [-0.05, 0) is 38.4 Å². The summed E-state index contributed by atoms with van der Waals surface area (Å²) in [4.78, 5) is 31.2. The lowest BCUT2D eigenvalue weighted by Crippen LogP contribution is -2.31. The summed E-state index contributed by atoms with van der Waals surface area (Å²) in [5.41, 5.74) is 5.10. The minimum absolute atomic E-state index is 0.131. The van der Waals surface area contributed by atoms with Crippen molar-refractivity contribution in [3.05, 3.63) is 42.2 Å². The molecule has 0 aliphatic heterocycles. The molecule has 126 valence electrons. The second-order valence-corrected chi connectivity index (χ2v) is 6.20. The van der Waals surface area contributed by atoms with Gasteiger partial charge in [-0.2, -0.15) is 0 Å². The molecular formula is C18H18N6O. The molecule has 2 heterocycles. The highest BCUT2D eigenvalue weighted by atomic mass is 16.1. The van der Waals surface area contributed by atoms with E-state index in [9.17, 15) is 4.79 Å². The number of fused-ring (bicyclic) bond motifs is 4. The molecule has 0 fully saturated rings. The number of nitrogens with zero attached hydrogens (tertiary/aromatic N) is 4. The maximum absolute atomic E-state index is 12.6. The topological polar surface area (TPSA) is 86.8 Å². The Morgan fingerprint density at radius 3 is 2.76 bits per heavy atom. The summed E-state index contributed by atoms with van der Waals surface area (Å²) >= 11 is 0. The van der Waals surface area contributed by atoms with Gasteiger partial charge in [-0.3, -0.25) is 4.79 Å². The third kappa shape index (κ3) is 2.78. The van der Waals surface area contributed by atoms with Crippen LogP contribution in [0.3, 0.4) is 0 Å². The third-order valence-corrected chi connectivity index (χ3v) is 4.13. The third-order valence-electron chi connectivity index (χ3n) is 4.13. The number of H-pyrrole nitrogens is 1. The van der Waals surface area contributed by atoms with Crippen LogP contribution in [0.15, 0.2) is 36.7 Å². The first-order valence-electron chi connectivity index (χ1n) is 8.08. The number of hydrogen-bond donors (Lipinski definition) is 2. The first kappa shape index (κ1) is 15.5.